The number of halogens is 14. The maximum atomic E-state index is 15.3. The van der Waals surface area contributed by atoms with E-state index < -0.39 is 139 Å². The van der Waals surface area contributed by atoms with Crippen LogP contribution in [0.3, 0.4) is 0 Å². The summed E-state index contributed by atoms with van der Waals surface area (Å²) in [5.74, 6) is -34.7. The monoisotopic (exact) mass is 664 g/mol. The zero-order valence-corrected chi connectivity index (χ0v) is 21.8. The minimum atomic E-state index is -2.76. The van der Waals surface area contributed by atoms with Crippen molar-refractivity contribution < 1.29 is 70.8 Å². The van der Waals surface area contributed by atoms with Crippen LogP contribution in [0.1, 0.15) is 11.1 Å². The molecule has 236 valence electrons. The third-order valence-corrected chi connectivity index (χ3v) is 7.14. The molecule has 0 amide bonds. The maximum Gasteiger partial charge on any atom is 0.632 e. The number of hydrogen-bond donors (Lipinski definition) is 0. The third kappa shape index (κ3) is 4.42. The first-order valence-corrected chi connectivity index (χ1v) is 12.4. The van der Waals surface area contributed by atoms with Crippen molar-refractivity contribution in [2.24, 2.45) is 0 Å². The first kappa shape index (κ1) is 31.0. The van der Waals surface area contributed by atoms with Gasteiger partial charge in [0.2, 0.25) is 11.6 Å². The molecule has 5 aromatic rings. The Kier molecular flexibility index (Phi) is 7.32. The second-order valence-electron chi connectivity index (χ2n) is 9.72. The van der Waals surface area contributed by atoms with E-state index in [1.165, 1.54) is 0 Å². The molecule has 0 atom stereocenters. The van der Waals surface area contributed by atoms with Gasteiger partial charge in [-0.05, 0) is 23.8 Å². The molecule has 0 spiro atoms. The molecule has 0 heterocycles. The fourth-order valence-electron chi connectivity index (χ4n) is 5.05. The molecule has 0 aliphatic heterocycles. The van der Waals surface area contributed by atoms with Crippen molar-refractivity contribution in [1.82, 2.24) is 0 Å². The lowest BCUT2D eigenvalue weighted by Gasteiger charge is -2.22. The highest BCUT2D eigenvalue weighted by Gasteiger charge is 2.40. The normalized spacial score (nSPS) is 12.0. The Morgan fingerprint density at radius 3 is 1.59 bits per heavy atom. The van der Waals surface area contributed by atoms with E-state index in [1.807, 2.05) is 0 Å². The minimum Gasteiger partial charge on any atom is -0.519 e. The van der Waals surface area contributed by atoms with Gasteiger partial charge in [-0.1, -0.05) is 12.1 Å². The first-order valence-electron chi connectivity index (χ1n) is 12.4. The second-order valence-corrected chi connectivity index (χ2v) is 9.72. The third-order valence-electron chi connectivity index (χ3n) is 7.14. The molecule has 0 saturated carbocycles. The average molecular weight is 664 g/mol. The quantitative estimate of drug-likeness (QED) is 0.0801. The predicted molar refractivity (Wildman–Crippen MR) is 131 cm³/mol. The summed E-state index contributed by atoms with van der Waals surface area (Å²) in [6.07, 6.45) is -0.706. The van der Waals surface area contributed by atoms with E-state index in [1.54, 1.807) is 0 Å². The number of fused-ring (bicyclic) bond motifs is 4. The highest BCUT2D eigenvalue weighted by molar-refractivity contribution is 6.62. The number of hydrogen-bond acceptors (Lipinski definition) is 2. The largest absolute Gasteiger partial charge is 0.632 e. The van der Waals surface area contributed by atoms with Crippen LogP contribution in [-0.4, -0.2) is 7.12 Å². The lowest BCUT2D eigenvalue weighted by Crippen LogP contribution is -2.44. The highest BCUT2D eigenvalue weighted by atomic mass is 19.2. The number of benzene rings is 5. The van der Waals surface area contributed by atoms with Crippen molar-refractivity contribution in [3.8, 4) is 22.6 Å². The van der Waals surface area contributed by atoms with Crippen molar-refractivity contribution in [3.05, 3.63) is 123 Å². The fraction of sp³-hybridized carbons (Fsp3) is 0.0345. The zero-order valence-electron chi connectivity index (χ0n) is 21.8. The Bertz CT molecular complexity index is 2150. The molecule has 5 aromatic carbocycles. The van der Waals surface area contributed by atoms with E-state index in [0.29, 0.717) is 18.2 Å². The molecule has 1 aliphatic carbocycles. The van der Waals surface area contributed by atoms with Gasteiger partial charge < -0.3 is 9.31 Å². The van der Waals surface area contributed by atoms with Crippen LogP contribution >= 0.6 is 0 Å². The van der Waals surface area contributed by atoms with Crippen LogP contribution in [0, 0.1) is 81.4 Å². The van der Waals surface area contributed by atoms with E-state index in [-0.39, 0.29) is 11.6 Å². The van der Waals surface area contributed by atoms with E-state index in [0.717, 1.165) is 6.07 Å². The zero-order chi connectivity index (χ0) is 33.5. The van der Waals surface area contributed by atoms with E-state index in [2.05, 4.69) is 0 Å². The van der Waals surface area contributed by atoms with Crippen molar-refractivity contribution in [2.45, 2.75) is 6.42 Å². The Labute approximate surface area is 246 Å². The summed E-state index contributed by atoms with van der Waals surface area (Å²) in [4.78, 5) is 0. The Morgan fingerprint density at radius 2 is 0.957 bits per heavy atom. The summed E-state index contributed by atoms with van der Waals surface area (Å²) in [7, 11) is -2.76. The maximum absolute atomic E-state index is 15.3. The van der Waals surface area contributed by atoms with Gasteiger partial charge in [0.05, 0.1) is 10.8 Å². The molecule has 0 bridgehead atoms. The molecular weight excluding hydrogens is 657 g/mol. The van der Waals surface area contributed by atoms with E-state index >= 15 is 8.78 Å². The molecule has 0 aromatic heterocycles. The molecule has 0 fully saturated rings. The average Bonchev–Trinajstić information content (AvgIpc) is 3.42. The van der Waals surface area contributed by atoms with Crippen molar-refractivity contribution in [3.63, 3.8) is 0 Å². The summed E-state index contributed by atoms with van der Waals surface area (Å²) >= 11 is 0. The van der Waals surface area contributed by atoms with Crippen molar-refractivity contribution in [2.75, 3.05) is 0 Å². The SMILES string of the molecule is Fc1ccc(B(Oc2c(F)c(F)c(F)c3c2Cc2ccc(F)c(F)c2-3)Oc2c(F)c(F)c(F)c3c(F)c(F)c(F)c(F)c23)cc1F. The summed E-state index contributed by atoms with van der Waals surface area (Å²) in [6.45, 7) is 0. The van der Waals surface area contributed by atoms with Gasteiger partial charge in [-0.3, -0.25) is 0 Å². The molecule has 46 heavy (non-hydrogen) atoms. The van der Waals surface area contributed by atoms with Crippen LogP contribution in [0.2, 0.25) is 0 Å². The van der Waals surface area contributed by atoms with E-state index in [9.17, 15) is 52.7 Å². The van der Waals surface area contributed by atoms with Gasteiger partial charge in [-0.15, -0.1) is 0 Å². The summed E-state index contributed by atoms with van der Waals surface area (Å²) in [5.41, 5.74) is -3.80. The molecule has 0 saturated heterocycles. The standard InChI is InChI=1S/C29H7BF14O2/c31-10-4-2-8(6-12(10)33)30(46-29-16-15(20(37)25(42)27(29)44)19(36)22(39)23(40)21(16)38)45-28-9-5-7-1-3-11(32)17(34)13(7)14(9)18(35)24(41)26(28)43/h1-4,6H,5H2. The van der Waals surface area contributed by atoms with Gasteiger partial charge in [0, 0.05) is 28.6 Å². The van der Waals surface area contributed by atoms with Gasteiger partial charge in [0.15, 0.2) is 75.6 Å². The van der Waals surface area contributed by atoms with Gasteiger partial charge in [0.1, 0.15) is 5.75 Å². The van der Waals surface area contributed by atoms with Crippen LogP contribution in [0.4, 0.5) is 61.5 Å². The predicted octanol–water partition coefficient (Wildman–Crippen LogP) is 8.21. The summed E-state index contributed by atoms with van der Waals surface area (Å²) < 4.78 is 213. The van der Waals surface area contributed by atoms with Gasteiger partial charge in [-0.2, -0.15) is 8.78 Å². The lowest BCUT2D eigenvalue weighted by atomic mass is 9.78. The fourth-order valence-corrected chi connectivity index (χ4v) is 5.05. The Balaban J connectivity index is 1.61. The van der Waals surface area contributed by atoms with Crippen molar-refractivity contribution in [1.29, 1.82) is 0 Å². The van der Waals surface area contributed by atoms with Crippen LogP contribution in [0.25, 0.3) is 21.9 Å². The van der Waals surface area contributed by atoms with Crippen molar-refractivity contribution >= 4 is 23.4 Å². The topological polar surface area (TPSA) is 18.5 Å². The molecule has 6 rings (SSSR count). The molecule has 0 unspecified atom stereocenters. The molecule has 17 heteroatoms. The Hall–Kier alpha value is -4.96. The molecule has 0 N–H and O–H groups in total. The Morgan fingerprint density at radius 1 is 0.435 bits per heavy atom. The molecule has 0 radical (unpaired) electrons. The number of rotatable bonds is 5. The first-order chi connectivity index (χ1) is 21.6. The van der Waals surface area contributed by atoms with Crippen LogP contribution in [0.5, 0.6) is 11.5 Å². The summed E-state index contributed by atoms with van der Waals surface area (Å²) in [5, 5.41) is -3.95. The summed E-state index contributed by atoms with van der Waals surface area (Å²) in [6, 6.07) is 2.66. The molecule has 1 aliphatic rings. The highest BCUT2D eigenvalue weighted by Crippen LogP contribution is 2.47. The van der Waals surface area contributed by atoms with Gasteiger partial charge in [0.25, 0.3) is 0 Å². The van der Waals surface area contributed by atoms with Crippen LogP contribution in [-0.2, 0) is 6.42 Å². The lowest BCUT2D eigenvalue weighted by molar-refractivity contribution is 0.370. The van der Waals surface area contributed by atoms with Crippen LogP contribution in [0.15, 0.2) is 30.3 Å². The smallest absolute Gasteiger partial charge is 0.519 e. The van der Waals surface area contributed by atoms with Gasteiger partial charge in [-0.25, -0.2) is 52.7 Å². The second kappa shape index (κ2) is 10.8. The van der Waals surface area contributed by atoms with Crippen LogP contribution < -0.4 is 14.8 Å². The minimum absolute atomic E-state index is 0.207. The van der Waals surface area contributed by atoms with Gasteiger partial charge >= 0.3 is 7.12 Å². The molecular formula is C29H7BF14O2. The van der Waals surface area contributed by atoms with E-state index in [4.69, 9.17) is 9.31 Å². The molecule has 2 nitrogen and oxygen atoms in total.